The Bertz CT molecular complexity index is 424. The molecule has 0 aliphatic heterocycles. The van der Waals surface area contributed by atoms with Gasteiger partial charge in [0.15, 0.2) is 0 Å². The molecule has 0 heterocycles. The Balaban J connectivity index is 5.31. The van der Waals surface area contributed by atoms with Gasteiger partial charge in [-0.05, 0) is 11.8 Å². The van der Waals surface area contributed by atoms with Crippen molar-refractivity contribution in [3.8, 4) is 18.4 Å². The molecule has 0 aliphatic carbocycles. The van der Waals surface area contributed by atoms with E-state index >= 15 is 0 Å². The molecule has 0 aromatic carbocycles. The summed E-state index contributed by atoms with van der Waals surface area (Å²) in [5.74, 6) is 1.63. The molecule has 20 heavy (non-hydrogen) atoms. The number of methoxy groups -OCH3 is 1. The normalized spacial score (nSPS) is 11.9. The molecule has 0 fully saturated rings. The number of hydrogen-bond acceptors (Lipinski definition) is 4. The molecule has 0 aliphatic rings. The standard InChI is InChI=1S/C15H22N2O3/c1-6-7-8-11-17(12(18)9-10-16)13(14(19)20-5)15(2,3)4/h1,13H,7-9,11H2,2-5H3. The van der Waals surface area contributed by atoms with E-state index in [1.54, 1.807) is 0 Å². The van der Waals surface area contributed by atoms with Crippen LogP contribution in [0.5, 0.6) is 0 Å². The number of carbonyl (C=O) groups is 2. The number of ether oxygens (including phenoxy) is 1. The van der Waals surface area contributed by atoms with Gasteiger partial charge in [0.25, 0.3) is 0 Å². The van der Waals surface area contributed by atoms with Crippen LogP contribution in [0.4, 0.5) is 0 Å². The van der Waals surface area contributed by atoms with Crippen molar-refractivity contribution in [2.24, 2.45) is 5.41 Å². The fourth-order valence-electron chi connectivity index (χ4n) is 1.98. The van der Waals surface area contributed by atoms with Crippen molar-refractivity contribution >= 4 is 11.9 Å². The summed E-state index contributed by atoms with van der Waals surface area (Å²) in [6.07, 6.45) is 6.02. The van der Waals surface area contributed by atoms with Crippen LogP contribution in [-0.4, -0.2) is 36.5 Å². The molecule has 110 valence electrons. The lowest BCUT2D eigenvalue weighted by Gasteiger charge is -2.37. The second-order valence-corrected chi connectivity index (χ2v) is 5.52. The van der Waals surface area contributed by atoms with E-state index < -0.39 is 17.4 Å². The highest BCUT2D eigenvalue weighted by atomic mass is 16.5. The molecule has 0 N–H and O–H groups in total. The molecule has 0 radical (unpaired) electrons. The van der Waals surface area contributed by atoms with E-state index in [1.165, 1.54) is 12.0 Å². The number of amides is 1. The van der Waals surface area contributed by atoms with Gasteiger partial charge in [-0.15, -0.1) is 12.3 Å². The van der Waals surface area contributed by atoms with Gasteiger partial charge in [-0.25, -0.2) is 4.79 Å². The zero-order valence-corrected chi connectivity index (χ0v) is 12.6. The minimum absolute atomic E-state index is 0.264. The first-order valence-electron chi connectivity index (χ1n) is 6.47. The Kier molecular flexibility index (Phi) is 7.39. The number of esters is 1. The lowest BCUT2D eigenvalue weighted by atomic mass is 9.85. The Hall–Kier alpha value is -2.01. The highest BCUT2D eigenvalue weighted by Gasteiger charge is 2.39. The van der Waals surface area contributed by atoms with E-state index in [0.29, 0.717) is 19.4 Å². The molecule has 0 aromatic rings. The maximum absolute atomic E-state index is 12.1. The molecule has 0 spiro atoms. The summed E-state index contributed by atoms with van der Waals surface area (Å²) in [6.45, 7) is 5.88. The molecule has 0 rings (SSSR count). The molecule has 0 aromatic heterocycles. The van der Waals surface area contributed by atoms with Crippen molar-refractivity contribution in [1.82, 2.24) is 4.90 Å². The van der Waals surface area contributed by atoms with E-state index in [0.717, 1.165) is 0 Å². The van der Waals surface area contributed by atoms with Gasteiger partial charge in [-0.1, -0.05) is 20.8 Å². The predicted molar refractivity (Wildman–Crippen MR) is 75.3 cm³/mol. The van der Waals surface area contributed by atoms with Crippen LogP contribution in [0.1, 0.15) is 40.0 Å². The third kappa shape index (κ3) is 5.32. The number of rotatable bonds is 6. The number of terminal acetylenes is 1. The largest absolute Gasteiger partial charge is 0.467 e. The van der Waals surface area contributed by atoms with Crippen molar-refractivity contribution < 1.29 is 14.3 Å². The number of carbonyl (C=O) groups excluding carboxylic acids is 2. The van der Waals surface area contributed by atoms with Crippen LogP contribution < -0.4 is 0 Å². The number of hydrogen-bond donors (Lipinski definition) is 0. The molecule has 0 saturated heterocycles. The summed E-state index contributed by atoms with van der Waals surface area (Å²) >= 11 is 0. The summed E-state index contributed by atoms with van der Waals surface area (Å²) in [7, 11) is 1.29. The fraction of sp³-hybridized carbons (Fsp3) is 0.667. The first-order valence-corrected chi connectivity index (χ1v) is 6.47. The Morgan fingerprint density at radius 3 is 2.40 bits per heavy atom. The molecular formula is C15H22N2O3. The number of nitrogens with zero attached hydrogens (tertiary/aromatic N) is 2. The van der Waals surface area contributed by atoms with Gasteiger partial charge in [0, 0.05) is 13.0 Å². The smallest absolute Gasteiger partial charge is 0.329 e. The molecule has 1 amide bonds. The SMILES string of the molecule is C#CCCCN(C(=O)CC#N)C(C(=O)OC)C(C)(C)C. The van der Waals surface area contributed by atoms with Gasteiger partial charge >= 0.3 is 5.97 Å². The molecule has 0 bridgehead atoms. The second kappa shape index (κ2) is 8.22. The Morgan fingerprint density at radius 1 is 1.40 bits per heavy atom. The molecule has 0 saturated carbocycles. The second-order valence-electron chi connectivity index (χ2n) is 5.52. The van der Waals surface area contributed by atoms with Gasteiger partial charge in [0.1, 0.15) is 12.5 Å². The maximum Gasteiger partial charge on any atom is 0.329 e. The van der Waals surface area contributed by atoms with Gasteiger partial charge in [-0.3, -0.25) is 4.79 Å². The summed E-state index contributed by atoms with van der Waals surface area (Å²) in [5, 5.41) is 8.69. The third-order valence-electron chi connectivity index (χ3n) is 2.83. The fourth-order valence-corrected chi connectivity index (χ4v) is 1.98. The highest BCUT2D eigenvalue weighted by Crippen LogP contribution is 2.26. The van der Waals surface area contributed by atoms with Crippen molar-refractivity contribution in [3.05, 3.63) is 0 Å². The lowest BCUT2D eigenvalue weighted by molar-refractivity contribution is -0.157. The molecular weight excluding hydrogens is 256 g/mol. The van der Waals surface area contributed by atoms with Crippen LogP contribution in [0.3, 0.4) is 0 Å². The predicted octanol–water partition coefficient (Wildman–Crippen LogP) is 1.73. The third-order valence-corrected chi connectivity index (χ3v) is 2.83. The van der Waals surface area contributed by atoms with Crippen LogP contribution in [0.25, 0.3) is 0 Å². The highest BCUT2D eigenvalue weighted by molar-refractivity contribution is 5.86. The average molecular weight is 278 g/mol. The zero-order chi connectivity index (χ0) is 15.8. The number of nitriles is 1. The quantitative estimate of drug-likeness (QED) is 0.421. The van der Waals surface area contributed by atoms with Gasteiger partial charge in [0.2, 0.25) is 5.91 Å². The Labute approximate surface area is 120 Å². The summed E-state index contributed by atoms with van der Waals surface area (Å²) in [4.78, 5) is 25.5. The first kappa shape index (κ1) is 18.0. The monoisotopic (exact) mass is 278 g/mol. The van der Waals surface area contributed by atoms with Crippen LogP contribution in [0.2, 0.25) is 0 Å². The number of unbranched alkanes of at least 4 members (excludes halogenated alkanes) is 1. The van der Waals surface area contributed by atoms with E-state index in [9.17, 15) is 9.59 Å². The van der Waals surface area contributed by atoms with Gasteiger partial charge < -0.3 is 9.64 Å². The van der Waals surface area contributed by atoms with E-state index in [-0.39, 0.29) is 12.3 Å². The van der Waals surface area contributed by atoms with Crippen molar-refractivity contribution in [1.29, 1.82) is 5.26 Å². The minimum atomic E-state index is -0.730. The van der Waals surface area contributed by atoms with Crippen molar-refractivity contribution in [2.45, 2.75) is 46.1 Å². The Morgan fingerprint density at radius 2 is 2.00 bits per heavy atom. The van der Waals surface area contributed by atoms with E-state index in [1.807, 2.05) is 26.8 Å². The average Bonchev–Trinajstić information content (AvgIpc) is 2.36. The van der Waals surface area contributed by atoms with Crippen molar-refractivity contribution in [3.63, 3.8) is 0 Å². The summed E-state index contributed by atoms with van der Waals surface area (Å²) < 4.78 is 4.80. The molecule has 5 nitrogen and oxygen atoms in total. The topological polar surface area (TPSA) is 70.4 Å². The van der Waals surface area contributed by atoms with Crippen LogP contribution in [0, 0.1) is 29.1 Å². The molecule has 1 atom stereocenters. The van der Waals surface area contributed by atoms with Crippen molar-refractivity contribution in [2.75, 3.05) is 13.7 Å². The zero-order valence-electron chi connectivity index (χ0n) is 12.6. The maximum atomic E-state index is 12.1. The lowest BCUT2D eigenvalue weighted by Crippen LogP contribution is -2.52. The molecule has 5 heteroatoms. The van der Waals surface area contributed by atoms with Crippen LogP contribution in [-0.2, 0) is 14.3 Å². The summed E-state index contributed by atoms with van der Waals surface area (Å²) in [6, 6.07) is 1.09. The van der Waals surface area contributed by atoms with E-state index in [4.69, 9.17) is 16.4 Å². The summed E-state index contributed by atoms with van der Waals surface area (Å²) in [5.41, 5.74) is -0.492. The molecule has 1 unspecified atom stereocenters. The van der Waals surface area contributed by atoms with Gasteiger partial charge in [0.05, 0.1) is 13.2 Å². The van der Waals surface area contributed by atoms with Crippen LogP contribution in [0.15, 0.2) is 0 Å². The minimum Gasteiger partial charge on any atom is -0.467 e. The van der Waals surface area contributed by atoms with E-state index in [2.05, 4.69) is 5.92 Å². The first-order chi connectivity index (χ1) is 9.29. The van der Waals surface area contributed by atoms with Gasteiger partial charge in [-0.2, -0.15) is 5.26 Å². The van der Waals surface area contributed by atoms with Crippen LogP contribution >= 0.6 is 0 Å².